The Kier molecular flexibility index (Phi) is 5.15. The molecule has 0 heterocycles. The van der Waals surface area contributed by atoms with Crippen LogP contribution < -0.4 is 0 Å². The maximum Gasteiger partial charge on any atom is 0.457 e. The number of nitrogens with zero attached hydrogens (tertiary/aromatic N) is 1. The molecule has 2 aromatic rings. The number of hydrogen-bond acceptors (Lipinski definition) is 3. The highest BCUT2D eigenvalue weighted by Gasteiger charge is 2.72. The van der Waals surface area contributed by atoms with Gasteiger partial charge in [0.05, 0.1) is 16.1 Å². The summed E-state index contributed by atoms with van der Waals surface area (Å²) in [7, 11) is 0. The van der Waals surface area contributed by atoms with Crippen LogP contribution in [0.5, 0.6) is 0 Å². The molecule has 12 heteroatoms. The van der Waals surface area contributed by atoms with Gasteiger partial charge in [0.2, 0.25) is 0 Å². The fraction of sp³-hybridized carbons (Fsp3) is 0.250. The molecule has 4 nitrogen and oxygen atoms in total. The van der Waals surface area contributed by atoms with Crippen LogP contribution in [0.25, 0.3) is 0 Å². The van der Waals surface area contributed by atoms with Gasteiger partial charge in [-0.3, -0.25) is 10.1 Å². The number of halogens is 8. The number of aliphatic hydroxyl groups is 1. The van der Waals surface area contributed by atoms with Gasteiger partial charge in [0.15, 0.2) is 5.60 Å². The molecule has 0 radical (unpaired) electrons. The lowest BCUT2D eigenvalue weighted by molar-refractivity contribution is -0.389. The average Bonchev–Trinajstić information content (AvgIpc) is 2.59. The first-order chi connectivity index (χ1) is 12.6. The van der Waals surface area contributed by atoms with Crippen LogP contribution in [-0.4, -0.2) is 22.1 Å². The van der Waals surface area contributed by atoms with E-state index in [1.165, 1.54) is 0 Å². The van der Waals surface area contributed by atoms with Gasteiger partial charge in [-0.05, 0) is 23.8 Å². The maximum atomic E-state index is 14.3. The zero-order valence-corrected chi connectivity index (χ0v) is 13.4. The van der Waals surface area contributed by atoms with Gasteiger partial charge in [0.1, 0.15) is 0 Å². The molecular formula is C16H9F8NO3. The van der Waals surface area contributed by atoms with Gasteiger partial charge < -0.3 is 5.11 Å². The Balaban J connectivity index is 2.84. The molecule has 0 spiro atoms. The summed E-state index contributed by atoms with van der Waals surface area (Å²) >= 11 is 0. The van der Waals surface area contributed by atoms with E-state index >= 15 is 0 Å². The lowest BCUT2D eigenvalue weighted by atomic mass is 9.79. The fourth-order valence-electron chi connectivity index (χ4n) is 2.55. The van der Waals surface area contributed by atoms with Crippen molar-refractivity contribution in [1.82, 2.24) is 0 Å². The number of nitro benzene ring substituents is 1. The second kappa shape index (κ2) is 6.69. The highest BCUT2D eigenvalue weighted by Crippen LogP contribution is 2.53. The molecule has 0 aliphatic carbocycles. The third kappa shape index (κ3) is 3.39. The predicted molar refractivity (Wildman–Crippen MR) is 78.5 cm³/mol. The normalized spacial score (nSPS) is 15.2. The summed E-state index contributed by atoms with van der Waals surface area (Å²) in [6.45, 7) is 0. The lowest BCUT2D eigenvalue weighted by Crippen LogP contribution is -2.55. The van der Waals surface area contributed by atoms with Gasteiger partial charge in [-0.1, -0.05) is 24.3 Å². The number of benzene rings is 2. The van der Waals surface area contributed by atoms with Crippen LogP contribution in [0.3, 0.4) is 0 Å². The molecule has 1 N–H and O–H groups in total. The Labute approximate surface area is 151 Å². The first kappa shape index (κ1) is 21.5. The molecule has 0 bridgehead atoms. The van der Waals surface area contributed by atoms with Crippen molar-refractivity contribution < 1.29 is 45.2 Å². The zero-order valence-electron chi connectivity index (χ0n) is 13.4. The van der Waals surface area contributed by atoms with E-state index in [2.05, 4.69) is 0 Å². The fourth-order valence-corrected chi connectivity index (χ4v) is 2.55. The maximum absolute atomic E-state index is 14.3. The van der Waals surface area contributed by atoms with Gasteiger partial charge in [-0.2, -0.15) is 35.1 Å². The molecule has 1 unspecified atom stereocenters. The van der Waals surface area contributed by atoms with Crippen molar-refractivity contribution >= 4 is 5.69 Å². The highest BCUT2D eigenvalue weighted by atomic mass is 19.4. The van der Waals surface area contributed by atoms with Gasteiger partial charge in [0, 0.05) is 6.07 Å². The largest absolute Gasteiger partial charge is 0.457 e. The summed E-state index contributed by atoms with van der Waals surface area (Å²) in [4.78, 5) is 9.79. The third-order valence-corrected chi connectivity index (χ3v) is 3.93. The van der Waals surface area contributed by atoms with Crippen LogP contribution in [0, 0.1) is 10.1 Å². The van der Waals surface area contributed by atoms with E-state index in [0.717, 1.165) is 12.1 Å². The summed E-state index contributed by atoms with van der Waals surface area (Å²) in [5.41, 5.74) is -9.75. The van der Waals surface area contributed by atoms with Crippen LogP contribution in [0.1, 0.15) is 16.7 Å². The van der Waals surface area contributed by atoms with E-state index < -0.39 is 51.2 Å². The Hall–Kier alpha value is -2.76. The smallest absolute Gasteiger partial charge is 0.374 e. The molecule has 0 aromatic heterocycles. The third-order valence-electron chi connectivity index (χ3n) is 3.93. The Morgan fingerprint density at radius 1 is 0.786 bits per heavy atom. The number of alkyl halides is 8. The van der Waals surface area contributed by atoms with E-state index in [0.29, 0.717) is 12.1 Å². The number of para-hydroxylation sites is 1. The van der Waals surface area contributed by atoms with Crippen LogP contribution in [0.4, 0.5) is 40.8 Å². The topological polar surface area (TPSA) is 63.4 Å². The number of nitro groups is 1. The molecule has 0 aliphatic rings. The lowest BCUT2D eigenvalue weighted by Gasteiger charge is -2.37. The Morgan fingerprint density at radius 2 is 1.25 bits per heavy atom. The van der Waals surface area contributed by atoms with Crippen molar-refractivity contribution in [1.29, 1.82) is 0 Å². The molecule has 0 fully saturated rings. The summed E-state index contributed by atoms with van der Waals surface area (Å²) in [5.74, 6) is -5.98. The van der Waals surface area contributed by atoms with Gasteiger partial charge in [-0.25, -0.2) is 0 Å². The van der Waals surface area contributed by atoms with Crippen LogP contribution in [0.2, 0.25) is 0 Å². The first-order valence-corrected chi connectivity index (χ1v) is 7.22. The van der Waals surface area contributed by atoms with Crippen molar-refractivity contribution in [3.63, 3.8) is 0 Å². The molecule has 28 heavy (non-hydrogen) atoms. The zero-order chi connectivity index (χ0) is 21.5. The standard InChI is InChI=1S/C16H9F8NO3/c17-14(18,19)10-7-5-9(6-8-10)13(26,15(20,21)16(22,23)24)11-3-1-2-4-12(11)25(27)28/h1-8,26H. The van der Waals surface area contributed by atoms with E-state index in [9.17, 15) is 50.3 Å². The summed E-state index contributed by atoms with van der Waals surface area (Å²) < 4.78 is 106. The summed E-state index contributed by atoms with van der Waals surface area (Å²) in [6, 6.07) is 3.65. The Bertz CT molecular complexity index is 877. The SMILES string of the molecule is O=[N+]([O-])c1ccccc1C(O)(c1ccc(C(F)(F)F)cc1)C(F)(F)C(F)(F)F. The van der Waals surface area contributed by atoms with Crippen LogP contribution in [-0.2, 0) is 11.8 Å². The van der Waals surface area contributed by atoms with Crippen molar-refractivity contribution in [2.75, 3.05) is 0 Å². The molecule has 0 saturated carbocycles. The molecule has 0 aliphatic heterocycles. The average molecular weight is 415 g/mol. The number of hydrogen-bond donors (Lipinski definition) is 1. The van der Waals surface area contributed by atoms with Crippen molar-refractivity contribution in [3.8, 4) is 0 Å². The summed E-state index contributed by atoms with van der Waals surface area (Å²) in [6.07, 6.45) is -11.3. The second-order valence-electron chi connectivity index (χ2n) is 5.63. The molecular weight excluding hydrogens is 406 g/mol. The predicted octanol–water partition coefficient (Wildman–Crippen LogP) is 5.05. The molecule has 1 atom stereocenters. The van der Waals surface area contributed by atoms with Crippen molar-refractivity contribution in [2.24, 2.45) is 0 Å². The Morgan fingerprint density at radius 3 is 1.68 bits per heavy atom. The molecule has 0 saturated heterocycles. The highest BCUT2D eigenvalue weighted by molar-refractivity contribution is 5.51. The van der Waals surface area contributed by atoms with E-state index in [1.54, 1.807) is 0 Å². The minimum atomic E-state index is -6.38. The summed E-state index contributed by atoms with van der Waals surface area (Å²) in [5, 5.41) is 21.6. The van der Waals surface area contributed by atoms with Crippen molar-refractivity contribution in [3.05, 3.63) is 75.3 Å². The van der Waals surface area contributed by atoms with Gasteiger partial charge >= 0.3 is 18.3 Å². The van der Waals surface area contributed by atoms with Crippen LogP contribution in [0.15, 0.2) is 48.5 Å². The minimum Gasteiger partial charge on any atom is -0.374 e. The van der Waals surface area contributed by atoms with E-state index in [-0.39, 0.29) is 24.3 Å². The quantitative estimate of drug-likeness (QED) is 0.432. The van der Waals surface area contributed by atoms with Gasteiger partial charge in [-0.15, -0.1) is 0 Å². The molecule has 2 rings (SSSR count). The minimum absolute atomic E-state index is 0.182. The van der Waals surface area contributed by atoms with Crippen LogP contribution >= 0.6 is 0 Å². The monoisotopic (exact) mass is 415 g/mol. The molecule has 2 aromatic carbocycles. The van der Waals surface area contributed by atoms with E-state index in [4.69, 9.17) is 0 Å². The van der Waals surface area contributed by atoms with E-state index in [1.807, 2.05) is 0 Å². The van der Waals surface area contributed by atoms with Gasteiger partial charge in [0.25, 0.3) is 5.69 Å². The second-order valence-corrected chi connectivity index (χ2v) is 5.63. The van der Waals surface area contributed by atoms with Crippen molar-refractivity contribution in [2.45, 2.75) is 23.9 Å². The number of rotatable bonds is 4. The first-order valence-electron chi connectivity index (χ1n) is 7.22. The molecule has 152 valence electrons. The molecule has 0 amide bonds.